The lowest BCUT2D eigenvalue weighted by atomic mass is 9.77. The standard InChI is InChI=1S/C18H29N3O2.ClH/c22-17(20-13-14-7-9-19-10-8-14)15-5-1-2-6-16(15)18(23)21-11-3-4-12-21;/h7,15-16,19H,1-6,8-13H2,(H,20,22);1H. The summed E-state index contributed by atoms with van der Waals surface area (Å²) in [5.74, 6) is 0.0909. The Kier molecular flexibility index (Phi) is 7.56. The van der Waals surface area contributed by atoms with Gasteiger partial charge in [0.1, 0.15) is 0 Å². The molecule has 2 aliphatic heterocycles. The lowest BCUT2D eigenvalue weighted by Crippen LogP contribution is -2.45. The van der Waals surface area contributed by atoms with Gasteiger partial charge in [-0.05, 0) is 38.6 Å². The Hall–Kier alpha value is -1.07. The van der Waals surface area contributed by atoms with Crippen LogP contribution in [0.3, 0.4) is 0 Å². The average Bonchev–Trinajstić information content (AvgIpc) is 3.14. The Morgan fingerprint density at radius 2 is 1.83 bits per heavy atom. The van der Waals surface area contributed by atoms with Crippen LogP contribution in [0.4, 0.5) is 0 Å². The first kappa shape index (κ1) is 19.3. The Balaban J connectivity index is 0.00000208. The zero-order chi connectivity index (χ0) is 16.1. The van der Waals surface area contributed by atoms with E-state index in [1.807, 2.05) is 4.90 Å². The summed E-state index contributed by atoms with van der Waals surface area (Å²) < 4.78 is 0. The van der Waals surface area contributed by atoms with Gasteiger partial charge in [-0.3, -0.25) is 9.59 Å². The molecule has 2 heterocycles. The van der Waals surface area contributed by atoms with Crippen LogP contribution in [0, 0.1) is 11.8 Å². The maximum Gasteiger partial charge on any atom is 0.226 e. The molecule has 3 rings (SSSR count). The molecule has 0 aromatic rings. The number of likely N-dealkylation sites (tertiary alicyclic amines) is 1. The highest BCUT2D eigenvalue weighted by Gasteiger charge is 2.38. The first-order valence-corrected chi connectivity index (χ1v) is 9.21. The van der Waals surface area contributed by atoms with E-state index in [4.69, 9.17) is 0 Å². The molecular weight excluding hydrogens is 326 g/mol. The van der Waals surface area contributed by atoms with E-state index in [0.717, 1.165) is 71.1 Å². The van der Waals surface area contributed by atoms with Gasteiger partial charge in [-0.1, -0.05) is 24.5 Å². The van der Waals surface area contributed by atoms with Crippen LogP contribution in [0.5, 0.6) is 0 Å². The normalized spacial score (nSPS) is 27.2. The Morgan fingerprint density at radius 1 is 1.12 bits per heavy atom. The van der Waals surface area contributed by atoms with Gasteiger partial charge in [0.15, 0.2) is 0 Å². The van der Waals surface area contributed by atoms with Gasteiger partial charge in [-0.15, -0.1) is 12.4 Å². The summed E-state index contributed by atoms with van der Waals surface area (Å²) in [6, 6.07) is 0. The molecule has 2 N–H and O–H groups in total. The van der Waals surface area contributed by atoms with Gasteiger partial charge >= 0.3 is 0 Å². The number of nitrogens with one attached hydrogen (secondary N) is 2. The molecule has 136 valence electrons. The number of rotatable bonds is 4. The molecule has 5 nitrogen and oxygen atoms in total. The van der Waals surface area contributed by atoms with Crippen molar-refractivity contribution >= 4 is 24.2 Å². The van der Waals surface area contributed by atoms with E-state index >= 15 is 0 Å². The molecule has 0 spiro atoms. The number of carbonyl (C=O) groups excluding carboxylic acids is 2. The van der Waals surface area contributed by atoms with Crippen molar-refractivity contribution < 1.29 is 9.59 Å². The van der Waals surface area contributed by atoms with Crippen LogP contribution in [-0.2, 0) is 9.59 Å². The minimum absolute atomic E-state index is 0. The minimum atomic E-state index is -0.126. The molecule has 1 aliphatic carbocycles. The lowest BCUT2D eigenvalue weighted by molar-refractivity contribution is -0.142. The Labute approximate surface area is 151 Å². The summed E-state index contributed by atoms with van der Waals surface area (Å²) in [6.45, 7) is 4.28. The van der Waals surface area contributed by atoms with Gasteiger partial charge in [-0.25, -0.2) is 0 Å². The molecule has 2 fully saturated rings. The fraction of sp³-hybridized carbons (Fsp3) is 0.778. The summed E-state index contributed by atoms with van der Waals surface area (Å²) in [5, 5.41) is 6.37. The zero-order valence-corrected chi connectivity index (χ0v) is 15.2. The van der Waals surface area contributed by atoms with Crippen LogP contribution in [0.1, 0.15) is 44.9 Å². The summed E-state index contributed by atoms with van der Waals surface area (Å²) in [7, 11) is 0. The van der Waals surface area contributed by atoms with Crippen LogP contribution in [0.25, 0.3) is 0 Å². The van der Waals surface area contributed by atoms with E-state index in [1.54, 1.807) is 0 Å². The predicted molar refractivity (Wildman–Crippen MR) is 97.1 cm³/mol. The number of hydrogen-bond donors (Lipinski definition) is 2. The fourth-order valence-corrected chi connectivity index (χ4v) is 4.07. The molecule has 0 radical (unpaired) electrons. The van der Waals surface area contributed by atoms with Gasteiger partial charge in [0, 0.05) is 38.0 Å². The van der Waals surface area contributed by atoms with E-state index < -0.39 is 0 Å². The molecule has 2 unspecified atom stereocenters. The first-order chi connectivity index (χ1) is 11.3. The van der Waals surface area contributed by atoms with Gasteiger partial charge in [0.05, 0.1) is 0 Å². The van der Waals surface area contributed by atoms with Crippen molar-refractivity contribution in [2.45, 2.75) is 44.9 Å². The van der Waals surface area contributed by atoms with E-state index in [2.05, 4.69) is 16.7 Å². The molecule has 1 saturated carbocycles. The zero-order valence-electron chi connectivity index (χ0n) is 14.4. The summed E-state index contributed by atoms with van der Waals surface area (Å²) in [4.78, 5) is 27.4. The summed E-state index contributed by atoms with van der Waals surface area (Å²) >= 11 is 0. The van der Waals surface area contributed by atoms with E-state index in [0.29, 0.717) is 6.54 Å². The van der Waals surface area contributed by atoms with E-state index in [9.17, 15) is 9.59 Å². The van der Waals surface area contributed by atoms with Crippen molar-refractivity contribution in [3.8, 4) is 0 Å². The van der Waals surface area contributed by atoms with E-state index in [-0.39, 0.29) is 36.1 Å². The molecule has 2 atom stereocenters. The number of halogens is 1. The van der Waals surface area contributed by atoms with Gasteiger partial charge in [0.2, 0.25) is 11.8 Å². The maximum absolute atomic E-state index is 12.7. The molecule has 1 saturated heterocycles. The average molecular weight is 356 g/mol. The molecule has 0 bridgehead atoms. The van der Waals surface area contributed by atoms with E-state index in [1.165, 1.54) is 5.57 Å². The Bertz CT molecular complexity index is 475. The Morgan fingerprint density at radius 3 is 2.50 bits per heavy atom. The monoisotopic (exact) mass is 355 g/mol. The van der Waals surface area contributed by atoms with Crippen molar-refractivity contribution in [2.24, 2.45) is 11.8 Å². The van der Waals surface area contributed by atoms with Crippen LogP contribution < -0.4 is 10.6 Å². The van der Waals surface area contributed by atoms with Crippen molar-refractivity contribution in [1.82, 2.24) is 15.5 Å². The number of hydrogen-bond acceptors (Lipinski definition) is 3. The number of carbonyl (C=O) groups is 2. The summed E-state index contributed by atoms with van der Waals surface area (Å²) in [5.41, 5.74) is 1.30. The maximum atomic E-state index is 12.7. The van der Waals surface area contributed by atoms with Crippen molar-refractivity contribution in [1.29, 1.82) is 0 Å². The first-order valence-electron chi connectivity index (χ1n) is 9.21. The minimum Gasteiger partial charge on any atom is -0.352 e. The van der Waals surface area contributed by atoms with Crippen molar-refractivity contribution in [3.05, 3.63) is 11.6 Å². The second-order valence-corrected chi connectivity index (χ2v) is 7.06. The third-order valence-electron chi connectivity index (χ3n) is 5.49. The highest BCUT2D eigenvalue weighted by atomic mass is 35.5. The molecule has 0 aromatic heterocycles. The SMILES string of the molecule is Cl.O=C(NCC1=CCNCC1)C1CCCCC1C(=O)N1CCCC1. The number of amides is 2. The van der Waals surface area contributed by atoms with Crippen molar-refractivity contribution in [3.63, 3.8) is 0 Å². The molecule has 2 amide bonds. The molecular formula is C18H30ClN3O2. The van der Waals surface area contributed by atoms with Crippen molar-refractivity contribution in [2.75, 3.05) is 32.7 Å². The van der Waals surface area contributed by atoms with Crippen LogP contribution >= 0.6 is 12.4 Å². The number of nitrogens with zero attached hydrogens (tertiary/aromatic N) is 1. The van der Waals surface area contributed by atoms with Gasteiger partial charge in [-0.2, -0.15) is 0 Å². The van der Waals surface area contributed by atoms with Crippen LogP contribution in [0.2, 0.25) is 0 Å². The van der Waals surface area contributed by atoms with Gasteiger partial charge in [0.25, 0.3) is 0 Å². The quantitative estimate of drug-likeness (QED) is 0.757. The van der Waals surface area contributed by atoms with Crippen LogP contribution in [-0.4, -0.2) is 49.4 Å². The predicted octanol–water partition coefficient (Wildman–Crippen LogP) is 1.87. The molecule has 0 aromatic carbocycles. The lowest BCUT2D eigenvalue weighted by Gasteiger charge is -2.32. The largest absolute Gasteiger partial charge is 0.352 e. The highest BCUT2D eigenvalue weighted by Crippen LogP contribution is 2.32. The van der Waals surface area contributed by atoms with Crippen LogP contribution in [0.15, 0.2) is 11.6 Å². The highest BCUT2D eigenvalue weighted by molar-refractivity contribution is 5.88. The second-order valence-electron chi connectivity index (χ2n) is 7.06. The summed E-state index contributed by atoms with van der Waals surface area (Å²) in [6.07, 6.45) is 9.25. The molecule has 6 heteroatoms. The third-order valence-corrected chi connectivity index (χ3v) is 5.49. The third kappa shape index (κ3) is 4.73. The fourth-order valence-electron chi connectivity index (χ4n) is 4.07. The topological polar surface area (TPSA) is 61.4 Å². The second kappa shape index (κ2) is 9.42. The molecule has 24 heavy (non-hydrogen) atoms. The molecule has 3 aliphatic rings. The smallest absolute Gasteiger partial charge is 0.226 e. The van der Waals surface area contributed by atoms with Gasteiger partial charge < -0.3 is 15.5 Å².